The Labute approximate surface area is 147 Å². The predicted octanol–water partition coefficient (Wildman–Crippen LogP) is 5.88. The molecule has 6 heteroatoms. The molecule has 2 nitrogen and oxygen atoms in total. The van der Waals surface area contributed by atoms with Crippen LogP contribution in [0.25, 0.3) is 11.3 Å². The van der Waals surface area contributed by atoms with E-state index < -0.39 is 0 Å². The third kappa shape index (κ3) is 4.22. The fourth-order valence-corrected chi connectivity index (χ4v) is 3.04. The molecule has 1 aromatic heterocycles. The van der Waals surface area contributed by atoms with E-state index in [1.165, 1.54) is 12.1 Å². The Morgan fingerprint density at radius 2 is 1.65 bits per heavy atom. The summed E-state index contributed by atoms with van der Waals surface area (Å²) in [5.41, 5.74) is 2.61. The van der Waals surface area contributed by atoms with Crippen LogP contribution in [0.5, 0.6) is 0 Å². The fourth-order valence-electron chi connectivity index (χ4n) is 1.96. The molecule has 3 aromatic rings. The highest BCUT2D eigenvalue weighted by Crippen LogP contribution is 2.27. The summed E-state index contributed by atoms with van der Waals surface area (Å²) in [5.74, 6) is 0.456. The first-order valence-corrected chi connectivity index (χ1v) is 8.52. The smallest absolute Gasteiger partial charge is 0.123 e. The van der Waals surface area contributed by atoms with Crippen LogP contribution in [0.2, 0.25) is 10.0 Å². The number of aromatic nitrogens is 2. The average molecular weight is 365 g/mol. The zero-order valence-electron chi connectivity index (χ0n) is 11.8. The Morgan fingerprint density at radius 1 is 0.870 bits per heavy atom. The number of rotatable bonds is 4. The molecule has 1 heterocycles. The molecule has 0 radical (unpaired) electrons. The molecular formula is C17H11Cl2FN2S. The number of benzene rings is 2. The van der Waals surface area contributed by atoms with Crippen molar-refractivity contribution >= 4 is 35.0 Å². The van der Waals surface area contributed by atoms with Gasteiger partial charge >= 0.3 is 0 Å². The van der Waals surface area contributed by atoms with Gasteiger partial charge in [-0.25, -0.2) is 4.39 Å². The van der Waals surface area contributed by atoms with Crippen LogP contribution in [0, 0.1) is 5.82 Å². The maximum absolute atomic E-state index is 12.9. The lowest BCUT2D eigenvalue weighted by Gasteiger charge is -2.04. The van der Waals surface area contributed by atoms with Crippen molar-refractivity contribution < 1.29 is 4.39 Å². The minimum atomic E-state index is -0.268. The molecule has 0 amide bonds. The van der Waals surface area contributed by atoms with Gasteiger partial charge in [0, 0.05) is 11.3 Å². The monoisotopic (exact) mass is 364 g/mol. The largest absolute Gasteiger partial charge is 0.207 e. The molecule has 2 aromatic carbocycles. The molecule has 0 saturated carbocycles. The van der Waals surface area contributed by atoms with E-state index >= 15 is 0 Å². The Bertz CT molecular complexity index is 808. The van der Waals surface area contributed by atoms with E-state index in [1.54, 1.807) is 30.0 Å². The second-order valence-electron chi connectivity index (χ2n) is 4.80. The first-order valence-electron chi connectivity index (χ1n) is 6.78. The minimum Gasteiger partial charge on any atom is -0.207 e. The summed E-state index contributed by atoms with van der Waals surface area (Å²) in [7, 11) is 0. The second-order valence-corrected chi connectivity index (χ2v) is 6.61. The third-order valence-corrected chi connectivity index (χ3v) is 4.88. The van der Waals surface area contributed by atoms with Gasteiger partial charge in [0.05, 0.1) is 15.7 Å². The highest BCUT2D eigenvalue weighted by Gasteiger charge is 2.04. The number of hydrogen-bond donors (Lipinski definition) is 0. The predicted molar refractivity (Wildman–Crippen MR) is 93.4 cm³/mol. The summed E-state index contributed by atoms with van der Waals surface area (Å²) in [6.45, 7) is 0. The maximum atomic E-state index is 12.9. The van der Waals surface area contributed by atoms with Crippen molar-refractivity contribution in [2.75, 3.05) is 0 Å². The first-order chi connectivity index (χ1) is 11.1. The van der Waals surface area contributed by atoms with Crippen LogP contribution in [0.15, 0.2) is 59.6 Å². The zero-order chi connectivity index (χ0) is 16.2. The van der Waals surface area contributed by atoms with Crippen LogP contribution in [0.3, 0.4) is 0 Å². The van der Waals surface area contributed by atoms with E-state index in [9.17, 15) is 4.39 Å². The molecular weight excluding hydrogens is 354 g/mol. The molecule has 0 aliphatic carbocycles. The van der Waals surface area contributed by atoms with Crippen LogP contribution in [0.4, 0.5) is 4.39 Å². The molecule has 0 unspecified atom stereocenters. The van der Waals surface area contributed by atoms with Gasteiger partial charge in [-0.3, -0.25) is 0 Å². The number of nitrogens with zero attached hydrogens (tertiary/aromatic N) is 2. The number of halogens is 3. The minimum absolute atomic E-state index is 0.268. The number of hydrogen-bond acceptors (Lipinski definition) is 3. The Hall–Kier alpha value is -1.62. The van der Waals surface area contributed by atoms with Crippen molar-refractivity contribution in [1.29, 1.82) is 0 Å². The summed E-state index contributed by atoms with van der Waals surface area (Å²) in [6, 6.07) is 15.5. The summed E-state index contributed by atoms with van der Waals surface area (Å²) in [6.07, 6.45) is 0. The lowest BCUT2D eigenvalue weighted by molar-refractivity contribution is 0.628. The van der Waals surface area contributed by atoms with Gasteiger partial charge in [-0.05, 0) is 54.1 Å². The highest BCUT2D eigenvalue weighted by molar-refractivity contribution is 7.98. The van der Waals surface area contributed by atoms with E-state index in [2.05, 4.69) is 10.2 Å². The van der Waals surface area contributed by atoms with E-state index in [-0.39, 0.29) is 5.82 Å². The normalized spacial score (nSPS) is 10.7. The van der Waals surface area contributed by atoms with Crippen molar-refractivity contribution in [3.05, 3.63) is 76.0 Å². The molecule has 0 bridgehead atoms. The van der Waals surface area contributed by atoms with Gasteiger partial charge in [-0.1, -0.05) is 41.0 Å². The van der Waals surface area contributed by atoms with Gasteiger partial charge in [0.25, 0.3) is 0 Å². The van der Waals surface area contributed by atoms with Crippen LogP contribution in [-0.2, 0) is 5.75 Å². The lowest BCUT2D eigenvalue weighted by atomic mass is 10.1. The van der Waals surface area contributed by atoms with Crippen LogP contribution < -0.4 is 0 Å². The topological polar surface area (TPSA) is 25.8 Å². The van der Waals surface area contributed by atoms with Crippen molar-refractivity contribution in [2.45, 2.75) is 10.8 Å². The SMILES string of the molecule is Fc1ccc(-c2ccc(SCc3ccc(Cl)c(Cl)c3)nn2)cc1. The molecule has 23 heavy (non-hydrogen) atoms. The van der Waals surface area contributed by atoms with Crippen LogP contribution >= 0.6 is 35.0 Å². The van der Waals surface area contributed by atoms with E-state index in [0.29, 0.717) is 15.7 Å². The van der Waals surface area contributed by atoms with Crippen LogP contribution in [-0.4, -0.2) is 10.2 Å². The first kappa shape index (κ1) is 16.2. The summed E-state index contributed by atoms with van der Waals surface area (Å²) < 4.78 is 12.9. The zero-order valence-corrected chi connectivity index (χ0v) is 14.2. The average Bonchev–Trinajstić information content (AvgIpc) is 2.57. The van der Waals surface area contributed by atoms with E-state index in [1.807, 2.05) is 24.3 Å². The summed E-state index contributed by atoms with van der Waals surface area (Å²) in [5, 5.41) is 10.3. The van der Waals surface area contributed by atoms with Crippen molar-refractivity contribution in [2.24, 2.45) is 0 Å². The Morgan fingerprint density at radius 3 is 2.30 bits per heavy atom. The molecule has 0 atom stereocenters. The quantitative estimate of drug-likeness (QED) is 0.540. The second kappa shape index (κ2) is 7.30. The maximum Gasteiger partial charge on any atom is 0.123 e. The van der Waals surface area contributed by atoms with Gasteiger partial charge in [0.2, 0.25) is 0 Å². The van der Waals surface area contributed by atoms with Gasteiger partial charge in [-0.15, -0.1) is 10.2 Å². The molecule has 3 rings (SSSR count). The van der Waals surface area contributed by atoms with Crippen molar-refractivity contribution in [3.63, 3.8) is 0 Å². The van der Waals surface area contributed by atoms with E-state index in [4.69, 9.17) is 23.2 Å². The Kier molecular flexibility index (Phi) is 5.16. The summed E-state index contributed by atoms with van der Waals surface area (Å²) >= 11 is 13.5. The van der Waals surface area contributed by atoms with Gasteiger partial charge < -0.3 is 0 Å². The highest BCUT2D eigenvalue weighted by atomic mass is 35.5. The van der Waals surface area contributed by atoms with Gasteiger partial charge in [0.15, 0.2) is 0 Å². The molecule has 0 fully saturated rings. The molecule has 0 saturated heterocycles. The van der Waals surface area contributed by atoms with E-state index in [0.717, 1.165) is 21.9 Å². The van der Waals surface area contributed by atoms with Crippen molar-refractivity contribution in [3.8, 4) is 11.3 Å². The molecule has 0 N–H and O–H groups in total. The molecule has 0 aliphatic rings. The fraction of sp³-hybridized carbons (Fsp3) is 0.0588. The van der Waals surface area contributed by atoms with Crippen molar-refractivity contribution in [1.82, 2.24) is 10.2 Å². The third-order valence-electron chi connectivity index (χ3n) is 3.15. The standard InChI is InChI=1S/C17H11Cl2FN2S/c18-14-6-1-11(9-15(14)19)10-23-17-8-7-16(21-22-17)12-2-4-13(20)5-3-12/h1-9H,10H2. The number of thioether (sulfide) groups is 1. The summed E-state index contributed by atoms with van der Waals surface area (Å²) in [4.78, 5) is 0. The molecule has 0 aliphatic heterocycles. The van der Waals surface area contributed by atoms with Gasteiger partial charge in [0.1, 0.15) is 10.8 Å². The Balaban J connectivity index is 1.67. The molecule has 116 valence electrons. The molecule has 0 spiro atoms. The van der Waals surface area contributed by atoms with Crippen LogP contribution in [0.1, 0.15) is 5.56 Å². The lowest BCUT2D eigenvalue weighted by Crippen LogP contribution is -1.90. The van der Waals surface area contributed by atoms with Gasteiger partial charge in [-0.2, -0.15) is 0 Å².